The van der Waals surface area contributed by atoms with Crippen molar-refractivity contribution in [2.45, 2.75) is 56.9 Å². The zero-order valence-corrected chi connectivity index (χ0v) is 19.2. The molecule has 3 rings (SSSR count). The summed E-state index contributed by atoms with van der Waals surface area (Å²) in [5, 5.41) is 0. The Bertz CT molecular complexity index is 1170. The third-order valence-corrected chi connectivity index (χ3v) is 7.61. The quantitative estimate of drug-likeness (QED) is 0.547. The van der Waals surface area contributed by atoms with E-state index in [2.05, 4.69) is 0 Å². The normalized spacial score (nSPS) is 14.5. The largest absolute Gasteiger partial charge is 0.416 e. The van der Waals surface area contributed by atoms with E-state index in [4.69, 9.17) is 0 Å². The second-order valence-corrected chi connectivity index (χ2v) is 9.77. The van der Waals surface area contributed by atoms with Crippen LogP contribution in [0.3, 0.4) is 0 Å². The van der Waals surface area contributed by atoms with Gasteiger partial charge in [0, 0.05) is 37.9 Å². The fraction of sp³-hybridized carbons (Fsp3) is 0.455. The van der Waals surface area contributed by atoms with Gasteiger partial charge in [0.15, 0.2) is 0 Å². The van der Waals surface area contributed by atoms with Gasteiger partial charge in [-0.15, -0.1) is 0 Å². The lowest BCUT2D eigenvalue weighted by Gasteiger charge is -2.25. The van der Waals surface area contributed by atoms with Gasteiger partial charge < -0.3 is 9.47 Å². The average molecular weight is 486 g/mol. The number of hydrogen-bond donors (Lipinski definition) is 0. The van der Waals surface area contributed by atoms with Gasteiger partial charge in [-0.3, -0.25) is 9.59 Å². The smallest absolute Gasteiger partial charge is 0.334 e. The topological polar surface area (TPSA) is 79.7 Å². The van der Waals surface area contributed by atoms with Crippen molar-refractivity contribution in [2.24, 2.45) is 0 Å². The van der Waals surface area contributed by atoms with Gasteiger partial charge in [0.1, 0.15) is 6.54 Å². The van der Waals surface area contributed by atoms with Crippen molar-refractivity contribution in [1.29, 1.82) is 0 Å². The molecule has 0 aliphatic heterocycles. The van der Waals surface area contributed by atoms with Gasteiger partial charge in [-0.25, -0.2) is 8.42 Å². The minimum atomic E-state index is -4.56. The van der Waals surface area contributed by atoms with Crippen molar-refractivity contribution in [3.05, 3.63) is 64.1 Å². The van der Waals surface area contributed by atoms with E-state index in [9.17, 15) is 31.2 Å². The summed E-state index contributed by atoms with van der Waals surface area (Å²) in [6.07, 6.45) is -2.13. The number of nitrogens with zero attached hydrogens (tertiary/aromatic N) is 3. The van der Waals surface area contributed by atoms with Crippen molar-refractivity contribution in [3.8, 4) is 0 Å². The number of halogens is 3. The van der Waals surface area contributed by atoms with Crippen LogP contribution < -0.4 is 5.56 Å². The maximum Gasteiger partial charge on any atom is 0.416 e. The Morgan fingerprint density at radius 2 is 1.73 bits per heavy atom. The summed E-state index contributed by atoms with van der Waals surface area (Å²) < 4.78 is 67.9. The van der Waals surface area contributed by atoms with Crippen molar-refractivity contribution in [2.75, 3.05) is 13.1 Å². The monoisotopic (exact) mass is 485 g/mol. The number of carbonyl (C=O) groups excluding carboxylic acids is 1. The Morgan fingerprint density at radius 1 is 1.09 bits per heavy atom. The maximum absolute atomic E-state index is 13.4. The minimum Gasteiger partial charge on any atom is -0.334 e. The van der Waals surface area contributed by atoms with Crippen LogP contribution in [0.2, 0.25) is 0 Å². The first kappa shape index (κ1) is 25.0. The highest BCUT2D eigenvalue weighted by Crippen LogP contribution is 2.35. The molecule has 7 nitrogen and oxygen atoms in total. The Hall–Kier alpha value is -2.66. The summed E-state index contributed by atoms with van der Waals surface area (Å²) in [5.74, 6) is -0.547. The molecule has 1 amide bonds. The van der Waals surface area contributed by atoms with E-state index < -0.39 is 39.8 Å². The van der Waals surface area contributed by atoms with Gasteiger partial charge in [-0.05, 0) is 30.5 Å². The van der Waals surface area contributed by atoms with E-state index in [0.717, 1.165) is 22.9 Å². The molecule has 0 bridgehead atoms. The molecule has 0 unspecified atom stereocenters. The Morgan fingerprint density at radius 3 is 2.30 bits per heavy atom. The van der Waals surface area contributed by atoms with E-state index in [1.54, 1.807) is 13.8 Å². The summed E-state index contributed by atoms with van der Waals surface area (Å²) in [4.78, 5) is 26.6. The zero-order valence-electron chi connectivity index (χ0n) is 18.4. The first-order chi connectivity index (χ1) is 15.5. The second-order valence-electron chi connectivity index (χ2n) is 7.83. The molecule has 0 N–H and O–H groups in total. The maximum atomic E-state index is 13.4. The summed E-state index contributed by atoms with van der Waals surface area (Å²) >= 11 is 0. The number of carbonyl (C=O) groups is 1. The molecule has 1 heterocycles. The lowest BCUT2D eigenvalue weighted by Crippen LogP contribution is -2.38. The summed E-state index contributed by atoms with van der Waals surface area (Å²) in [6, 6.07) is 7.12. The SMILES string of the molecule is CCN(CC)S(=O)(=O)c1ccc(=O)n(CC(=O)N(Cc2ccccc2C(F)(F)F)C2CC2)c1. The zero-order chi connectivity index (χ0) is 24.4. The summed E-state index contributed by atoms with van der Waals surface area (Å²) in [5.41, 5.74) is -1.42. The molecule has 1 aliphatic rings. The van der Waals surface area contributed by atoms with Crippen LogP contribution in [-0.2, 0) is 34.1 Å². The highest BCUT2D eigenvalue weighted by Gasteiger charge is 2.37. The van der Waals surface area contributed by atoms with Crippen molar-refractivity contribution in [1.82, 2.24) is 13.8 Å². The van der Waals surface area contributed by atoms with Crippen molar-refractivity contribution in [3.63, 3.8) is 0 Å². The van der Waals surface area contributed by atoms with Gasteiger partial charge in [0.25, 0.3) is 5.56 Å². The van der Waals surface area contributed by atoms with Crippen LogP contribution in [0.15, 0.2) is 52.3 Å². The predicted molar refractivity (Wildman–Crippen MR) is 116 cm³/mol. The third kappa shape index (κ3) is 5.64. The van der Waals surface area contributed by atoms with Gasteiger partial charge >= 0.3 is 6.18 Å². The molecule has 0 atom stereocenters. The van der Waals surface area contributed by atoms with Gasteiger partial charge in [0.05, 0.1) is 10.5 Å². The van der Waals surface area contributed by atoms with Crippen molar-refractivity contribution < 1.29 is 26.4 Å². The molecule has 1 aliphatic carbocycles. The van der Waals surface area contributed by atoms with Crippen LogP contribution in [0.1, 0.15) is 37.8 Å². The molecule has 1 saturated carbocycles. The fourth-order valence-electron chi connectivity index (χ4n) is 3.66. The molecule has 33 heavy (non-hydrogen) atoms. The number of alkyl halides is 3. The lowest BCUT2D eigenvalue weighted by atomic mass is 10.1. The molecule has 0 spiro atoms. The fourth-order valence-corrected chi connectivity index (χ4v) is 5.14. The number of sulfonamides is 1. The van der Waals surface area contributed by atoms with Gasteiger partial charge in [-0.2, -0.15) is 17.5 Å². The van der Waals surface area contributed by atoms with Crippen LogP contribution in [0.4, 0.5) is 13.2 Å². The van der Waals surface area contributed by atoms with Crippen LogP contribution in [-0.4, -0.2) is 47.2 Å². The molecule has 0 saturated heterocycles. The Labute approximate surface area is 190 Å². The number of amides is 1. The molecule has 0 radical (unpaired) electrons. The number of hydrogen-bond acceptors (Lipinski definition) is 4. The Balaban J connectivity index is 1.88. The highest BCUT2D eigenvalue weighted by molar-refractivity contribution is 7.89. The van der Waals surface area contributed by atoms with Gasteiger partial charge in [0.2, 0.25) is 15.9 Å². The van der Waals surface area contributed by atoms with E-state index in [1.807, 2.05) is 0 Å². The van der Waals surface area contributed by atoms with Crippen LogP contribution in [0, 0.1) is 0 Å². The average Bonchev–Trinajstić information content (AvgIpc) is 3.58. The van der Waals surface area contributed by atoms with Crippen LogP contribution in [0.5, 0.6) is 0 Å². The number of pyridine rings is 1. The van der Waals surface area contributed by atoms with Crippen LogP contribution in [0.25, 0.3) is 0 Å². The van der Waals surface area contributed by atoms with Crippen LogP contribution >= 0.6 is 0 Å². The lowest BCUT2D eigenvalue weighted by molar-refractivity contribution is -0.140. The van der Waals surface area contributed by atoms with Crippen molar-refractivity contribution >= 4 is 15.9 Å². The number of rotatable bonds is 9. The van der Waals surface area contributed by atoms with E-state index in [-0.39, 0.29) is 36.1 Å². The molecule has 2 aromatic rings. The van der Waals surface area contributed by atoms with E-state index in [1.165, 1.54) is 33.5 Å². The van der Waals surface area contributed by atoms with E-state index in [0.29, 0.717) is 12.8 Å². The predicted octanol–water partition coefficient (Wildman–Crippen LogP) is 3.09. The molecular weight excluding hydrogens is 459 g/mol. The molecule has 11 heteroatoms. The number of aromatic nitrogens is 1. The first-order valence-corrected chi connectivity index (χ1v) is 12.1. The molecule has 1 aromatic carbocycles. The van der Waals surface area contributed by atoms with Gasteiger partial charge in [-0.1, -0.05) is 32.0 Å². The Kier molecular flexibility index (Phi) is 7.32. The third-order valence-electron chi connectivity index (χ3n) is 5.58. The molecule has 180 valence electrons. The second kappa shape index (κ2) is 9.68. The molecular formula is C22H26F3N3O4S. The molecule has 1 fully saturated rings. The standard InChI is InChI=1S/C22H26F3N3O4S/c1-3-27(4-2)33(31,32)18-11-12-20(29)26(14-18)15-21(30)28(17-9-10-17)13-16-7-5-6-8-19(16)22(23,24)25/h5-8,11-12,14,17H,3-4,9-10,13,15H2,1-2H3. The number of benzene rings is 1. The summed E-state index contributed by atoms with van der Waals surface area (Å²) in [6.45, 7) is 3.15. The highest BCUT2D eigenvalue weighted by atomic mass is 32.2. The van der Waals surface area contributed by atoms with E-state index >= 15 is 0 Å². The summed E-state index contributed by atoms with van der Waals surface area (Å²) in [7, 11) is -3.85. The minimum absolute atomic E-state index is 0.0320. The first-order valence-electron chi connectivity index (χ1n) is 10.6. The molecule has 1 aromatic heterocycles.